The fourth-order valence-electron chi connectivity index (χ4n) is 1.41. The number of aromatic nitrogens is 4. The molecule has 0 bridgehead atoms. The van der Waals surface area contributed by atoms with E-state index in [1.54, 1.807) is 32.2 Å². The summed E-state index contributed by atoms with van der Waals surface area (Å²) < 4.78 is 6.53. The molecule has 7 nitrogen and oxygen atoms in total. The van der Waals surface area contributed by atoms with Gasteiger partial charge in [-0.2, -0.15) is 0 Å². The van der Waals surface area contributed by atoms with Gasteiger partial charge >= 0.3 is 5.97 Å². The normalized spacial score (nSPS) is 10.4. The second-order valence-corrected chi connectivity index (χ2v) is 4.67. The van der Waals surface area contributed by atoms with Crippen molar-refractivity contribution in [3.8, 4) is 0 Å². The number of aryl methyl sites for hydroxylation is 1. The number of carbonyl (C=O) groups is 1. The smallest absolute Gasteiger partial charge is 0.339 e. The summed E-state index contributed by atoms with van der Waals surface area (Å²) in [6, 6.07) is 5.06. The molecule has 0 spiro atoms. The number of nitrogen functional groups attached to an aromatic ring is 1. The summed E-state index contributed by atoms with van der Waals surface area (Å²) >= 11 is 1.28. The minimum atomic E-state index is -0.410. The predicted molar refractivity (Wildman–Crippen MR) is 69.7 cm³/mol. The van der Waals surface area contributed by atoms with E-state index in [0.717, 1.165) is 0 Å². The lowest BCUT2D eigenvalue weighted by Crippen LogP contribution is -2.07. The van der Waals surface area contributed by atoms with Gasteiger partial charge in [-0.3, -0.25) is 0 Å². The highest BCUT2D eigenvalue weighted by molar-refractivity contribution is 7.99. The summed E-state index contributed by atoms with van der Waals surface area (Å²) in [6.07, 6.45) is 0. The first-order valence-electron chi connectivity index (χ1n) is 5.58. The monoisotopic (exact) mass is 279 g/mol. The van der Waals surface area contributed by atoms with Gasteiger partial charge in [0.15, 0.2) is 0 Å². The van der Waals surface area contributed by atoms with Crippen LogP contribution in [0.1, 0.15) is 17.3 Å². The molecule has 2 N–H and O–H groups in total. The van der Waals surface area contributed by atoms with E-state index >= 15 is 0 Å². The van der Waals surface area contributed by atoms with Crippen LogP contribution in [-0.4, -0.2) is 32.8 Å². The lowest BCUT2D eigenvalue weighted by atomic mass is 10.2. The number of hydrogen-bond acceptors (Lipinski definition) is 7. The number of nitrogens with zero attached hydrogens (tertiary/aromatic N) is 4. The Bertz CT molecular complexity index is 599. The lowest BCUT2D eigenvalue weighted by molar-refractivity contribution is 0.0522. The molecule has 100 valence electrons. The Morgan fingerprint density at radius 1 is 1.53 bits per heavy atom. The molecule has 0 aliphatic rings. The summed E-state index contributed by atoms with van der Waals surface area (Å²) in [5.74, 6) is -0.410. The van der Waals surface area contributed by atoms with Crippen molar-refractivity contribution in [3.05, 3.63) is 23.8 Å². The molecule has 0 fully saturated rings. The van der Waals surface area contributed by atoms with E-state index in [1.165, 1.54) is 16.4 Å². The molecule has 0 radical (unpaired) electrons. The number of anilines is 1. The maximum absolute atomic E-state index is 11.9. The number of carbonyl (C=O) groups excluding carboxylic acids is 1. The van der Waals surface area contributed by atoms with Crippen molar-refractivity contribution < 1.29 is 9.53 Å². The van der Waals surface area contributed by atoms with Gasteiger partial charge in [-0.05, 0) is 47.3 Å². The average Bonchev–Trinajstić information content (AvgIpc) is 2.77. The van der Waals surface area contributed by atoms with E-state index in [2.05, 4.69) is 15.5 Å². The maximum atomic E-state index is 11.9. The van der Waals surface area contributed by atoms with Crippen LogP contribution in [0.25, 0.3) is 0 Å². The topological polar surface area (TPSA) is 95.9 Å². The Morgan fingerprint density at radius 2 is 2.32 bits per heavy atom. The molecule has 0 aliphatic heterocycles. The fourth-order valence-corrected chi connectivity index (χ4v) is 2.24. The molecule has 0 amide bonds. The summed E-state index contributed by atoms with van der Waals surface area (Å²) in [4.78, 5) is 12.6. The fraction of sp³-hybridized carbons (Fsp3) is 0.273. The quantitative estimate of drug-likeness (QED) is 0.661. The number of nitrogens with two attached hydrogens (primary N) is 1. The van der Waals surface area contributed by atoms with Gasteiger partial charge in [0.2, 0.25) is 5.16 Å². The Morgan fingerprint density at radius 3 is 2.95 bits per heavy atom. The zero-order chi connectivity index (χ0) is 13.8. The molecule has 0 aliphatic carbocycles. The van der Waals surface area contributed by atoms with E-state index in [-0.39, 0.29) is 0 Å². The van der Waals surface area contributed by atoms with E-state index in [0.29, 0.717) is 27.9 Å². The summed E-state index contributed by atoms with van der Waals surface area (Å²) in [5.41, 5.74) is 6.62. The van der Waals surface area contributed by atoms with Crippen LogP contribution < -0.4 is 5.73 Å². The maximum Gasteiger partial charge on any atom is 0.339 e. The van der Waals surface area contributed by atoms with Crippen LogP contribution in [0.2, 0.25) is 0 Å². The number of tetrazole rings is 1. The van der Waals surface area contributed by atoms with Gasteiger partial charge < -0.3 is 10.5 Å². The van der Waals surface area contributed by atoms with E-state index < -0.39 is 5.97 Å². The van der Waals surface area contributed by atoms with Gasteiger partial charge in [-0.15, -0.1) is 5.10 Å². The Hall–Kier alpha value is -2.09. The third-order valence-corrected chi connectivity index (χ3v) is 3.39. The third kappa shape index (κ3) is 3.02. The first-order chi connectivity index (χ1) is 9.11. The molecule has 2 rings (SSSR count). The van der Waals surface area contributed by atoms with Crippen molar-refractivity contribution in [2.75, 3.05) is 12.3 Å². The van der Waals surface area contributed by atoms with Crippen LogP contribution in [-0.2, 0) is 11.8 Å². The van der Waals surface area contributed by atoms with Crippen molar-refractivity contribution in [2.24, 2.45) is 7.05 Å². The standard InChI is InChI=1S/C11H13N5O2S/c1-3-18-10(17)8-6-7(12)4-5-9(8)19-11-13-14-15-16(11)2/h4-6H,3,12H2,1-2H3. The minimum absolute atomic E-state index is 0.309. The number of esters is 1. The SMILES string of the molecule is CCOC(=O)c1cc(N)ccc1Sc1nnnn1C. The number of benzene rings is 1. The molecular formula is C11H13N5O2S. The zero-order valence-electron chi connectivity index (χ0n) is 10.5. The van der Waals surface area contributed by atoms with Crippen LogP contribution in [0.5, 0.6) is 0 Å². The first kappa shape index (κ1) is 13.3. The van der Waals surface area contributed by atoms with Crippen LogP contribution in [0.15, 0.2) is 28.3 Å². The van der Waals surface area contributed by atoms with Crippen molar-refractivity contribution in [1.29, 1.82) is 0 Å². The van der Waals surface area contributed by atoms with Crippen LogP contribution >= 0.6 is 11.8 Å². The molecule has 0 saturated heterocycles. The van der Waals surface area contributed by atoms with E-state index in [1.807, 2.05) is 0 Å². The molecule has 1 aromatic heterocycles. The average molecular weight is 279 g/mol. The first-order valence-corrected chi connectivity index (χ1v) is 6.40. The molecule has 8 heteroatoms. The van der Waals surface area contributed by atoms with Crippen molar-refractivity contribution >= 4 is 23.4 Å². The second kappa shape index (κ2) is 5.70. The third-order valence-electron chi connectivity index (χ3n) is 2.28. The highest BCUT2D eigenvalue weighted by Crippen LogP contribution is 2.30. The molecule has 0 saturated carbocycles. The zero-order valence-corrected chi connectivity index (χ0v) is 11.3. The summed E-state index contributed by atoms with van der Waals surface area (Å²) in [6.45, 7) is 2.06. The highest BCUT2D eigenvalue weighted by atomic mass is 32.2. The van der Waals surface area contributed by atoms with E-state index in [9.17, 15) is 4.79 Å². The molecule has 19 heavy (non-hydrogen) atoms. The molecule has 1 heterocycles. The largest absolute Gasteiger partial charge is 0.462 e. The minimum Gasteiger partial charge on any atom is -0.462 e. The summed E-state index contributed by atoms with van der Waals surface area (Å²) in [5, 5.41) is 11.7. The van der Waals surface area contributed by atoms with Crippen molar-refractivity contribution in [2.45, 2.75) is 17.0 Å². The molecule has 0 unspecified atom stereocenters. The van der Waals surface area contributed by atoms with Gasteiger partial charge in [-0.25, -0.2) is 9.48 Å². The molecule has 0 atom stereocenters. The van der Waals surface area contributed by atoms with Crippen LogP contribution in [0, 0.1) is 0 Å². The van der Waals surface area contributed by atoms with Crippen LogP contribution in [0.4, 0.5) is 5.69 Å². The Labute approximate surface area is 114 Å². The number of ether oxygens (including phenoxy) is 1. The van der Waals surface area contributed by atoms with Gasteiger partial charge in [0.25, 0.3) is 0 Å². The Kier molecular flexibility index (Phi) is 4.00. The summed E-state index contributed by atoms with van der Waals surface area (Å²) in [7, 11) is 1.73. The van der Waals surface area contributed by atoms with Crippen molar-refractivity contribution in [1.82, 2.24) is 20.2 Å². The molecular weight excluding hydrogens is 266 g/mol. The molecule has 1 aromatic carbocycles. The van der Waals surface area contributed by atoms with Crippen LogP contribution in [0.3, 0.4) is 0 Å². The Balaban J connectivity index is 2.34. The number of hydrogen-bond donors (Lipinski definition) is 1. The van der Waals surface area contributed by atoms with Gasteiger partial charge in [0, 0.05) is 17.6 Å². The van der Waals surface area contributed by atoms with Gasteiger partial charge in [-0.1, -0.05) is 0 Å². The lowest BCUT2D eigenvalue weighted by Gasteiger charge is -2.08. The van der Waals surface area contributed by atoms with Crippen molar-refractivity contribution in [3.63, 3.8) is 0 Å². The predicted octanol–water partition coefficient (Wildman–Crippen LogP) is 1.12. The second-order valence-electron chi connectivity index (χ2n) is 3.66. The van der Waals surface area contributed by atoms with Gasteiger partial charge in [0.05, 0.1) is 12.2 Å². The number of rotatable bonds is 4. The molecule has 2 aromatic rings. The van der Waals surface area contributed by atoms with E-state index in [4.69, 9.17) is 10.5 Å². The highest BCUT2D eigenvalue weighted by Gasteiger charge is 2.16. The van der Waals surface area contributed by atoms with Gasteiger partial charge in [0.1, 0.15) is 0 Å².